The molecule has 0 aromatic heterocycles. The Labute approximate surface area is 111 Å². The highest BCUT2D eigenvalue weighted by molar-refractivity contribution is 6.09. The first-order valence-electron chi connectivity index (χ1n) is 6.60. The third kappa shape index (κ3) is 2.18. The fraction of sp³-hybridized carbons (Fsp3) is 0.750. The Hall–Kier alpha value is -1.63. The summed E-state index contributed by atoms with van der Waals surface area (Å²) in [6.45, 7) is 0.125. The Bertz CT molecular complexity index is 412. The predicted octanol–water partition coefficient (Wildman–Crippen LogP) is -0.828. The summed E-state index contributed by atoms with van der Waals surface area (Å²) in [5, 5.41) is 5.19. The van der Waals surface area contributed by atoms with Crippen LogP contribution in [0.4, 0.5) is 4.79 Å². The van der Waals surface area contributed by atoms with Gasteiger partial charge in [-0.1, -0.05) is 12.8 Å². The third-order valence-corrected chi connectivity index (χ3v) is 4.14. The molecule has 2 aliphatic rings. The number of nitrogens with one attached hydrogen (secondary N) is 2. The molecule has 19 heavy (non-hydrogen) atoms. The Morgan fingerprint density at radius 1 is 1.53 bits per heavy atom. The van der Waals surface area contributed by atoms with Crippen LogP contribution in [0.2, 0.25) is 0 Å². The highest BCUT2D eigenvalue weighted by atomic mass is 16.2. The molecular weight excluding hydrogens is 248 g/mol. The van der Waals surface area contributed by atoms with Crippen molar-refractivity contribution in [3.8, 4) is 0 Å². The molecule has 1 aliphatic carbocycles. The number of carbonyl (C=O) groups is 3. The maximum absolute atomic E-state index is 12.5. The molecule has 4 amide bonds. The number of nitrogens with two attached hydrogens (primary N) is 1. The predicted molar refractivity (Wildman–Crippen MR) is 68.1 cm³/mol. The lowest BCUT2D eigenvalue weighted by Crippen LogP contribution is -2.57. The molecule has 0 aromatic rings. The number of nitrogens with zero attached hydrogens (tertiary/aromatic N) is 1. The van der Waals surface area contributed by atoms with Gasteiger partial charge in [0.05, 0.1) is 0 Å². The van der Waals surface area contributed by atoms with Crippen molar-refractivity contribution in [3.63, 3.8) is 0 Å². The summed E-state index contributed by atoms with van der Waals surface area (Å²) < 4.78 is 0. The minimum Gasteiger partial charge on any atom is -0.358 e. The van der Waals surface area contributed by atoms with Gasteiger partial charge in [-0.15, -0.1) is 0 Å². The van der Waals surface area contributed by atoms with E-state index in [9.17, 15) is 14.4 Å². The minimum absolute atomic E-state index is 0.0487. The fourth-order valence-corrected chi connectivity index (χ4v) is 3.02. The molecule has 1 heterocycles. The minimum atomic E-state index is -0.891. The van der Waals surface area contributed by atoms with E-state index < -0.39 is 11.6 Å². The molecule has 1 aliphatic heterocycles. The van der Waals surface area contributed by atoms with Crippen LogP contribution in [0, 0.1) is 5.92 Å². The monoisotopic (exact) mass is 268 g/mol. The second kappa shape index (κ2) is 5.16. The van der Waals surface area contributed by atoms with Gasteiger partial charge in [0.2, 0.25) is 5.91 Å². The van der Waals surface area contributed by atoms with E-state index in [1.165, 1.54) is 7.05 Å². The van der Waals surface area contributed by atoms with E-state index in [1.807, 2.05) is 0 Å². The Morgan fingerprint density at radius 3 is 2.89 bits per heavy atom. The molecule has 1 saturated heterocycles. The van der Waals surface area contributed by atoms with Gasteiger partial charge in [0.15, 0.2) is 0 Å². The van der Waals surface area contributed by atoms with Gasteiger partial charge in [0, 0.05) is 13.0 Å². The standard InChI is InChI=1S/C12H20N4O3/c1-14-9(17)7-16-10(18)12(15-11(16)19)5-3-2-4-8(12)6-13/h8H,2-7,13H2,1H3,(H,14,17)(H,15,19). The summed E-state index contributed by atoms with van der Waals surface area (Å²) in [4.78, 5) is 36.8. The third-order valence-electron chi connectivity index (χ3n) is 4.14. The van der Waals surface area contributed by atoms with Gasteiger partial charge in [-0.25, -0.2) is 4.79 Å². The highest BCUT2D eigenvalue weighted by Crippen LogP contribution is 2.37. The van der Waals surface area contributed by atoms with Crippen LogP contribution in [0.25, 0.3) is 0 Å². The van der Waals surface area contributed by atoms with Crippen LogP contribution in [-0.2, 0) is 9.59 Å². The van der Waals surface area contributed by atoms with Crippen molar-refractivity contribution in [2.75, 3.05) is 20.1 Å². The van der Waals surface area contributed by atoms with E-state index in [-0.39, 0.29) is 24.3 Å². The van der Waals surface area contributed by atoms with Crippen molar-refractivity contribution in [2.24, 2.45) is 11.7 Å². The molecule has 2 atom stereocenters. The zero-order valence-electron chi connectivity index (χ0n) is 11.1. The molecular formula is C12H20N4O3. The lowest BCUT2D eigenvalue weighted by molar-refractivity contribution is -0.137. The van der Waals surface area contributed by atoms with Gasteiger partial charge in [0.25, 0.3) is 5.91 Å². The average Bonchev–Trinajstić information content (AvgIpc) is 2.64. The van der Waals surface area contributed by atoms with Crippen molar-refractivity contribution in [3.05, 3.63) is 0 Å². The van der Waals surface area contributed by atoms with Crippen LogP contribution >= 0.6 is 0 Å². The number of urea groups is 1. The van der Waals surface area contributed by atoms with E-state index in [1.54, 1.807) is 0 Å². The first-order valence-corrected chi connectivity index (χ1v) is 6.60. The number of imide groups is 1. The van der Waals surface area contributed by atoms with Crippen molar-refractivity contribution >= 4 is 17.8 Å². The van der Waals surface area contributed by atoms with Gasteiger partial charge in [-0.3, -0.25) is 14.5 Å². The zero-order valence-corrected chi connectivity index (χ0v) is 11.1. The van der Waals surface area contributed by atoms with Crippen molar-refractivity contribution in [1.29, 1.82) is 0 Å². The zero-order chi connectivity index (χ0) is 14.0. The molecule has 7 nitrogen and oxygen atoms in total. The van der Waals surface area contributed by atoms with Crippen molar-refractivity contribution < 1.29 is 14.4 Å². The van der Waals surface area contributed by atoms with E-state index in [0.717, 1.165) is 24.2 Å². The summed E-state index contributed by atoms with van der Waals surface area (Å²) in [7, 11) is 1.47. The molecule has 2 unspecified atom stereocenters. The normalized spacial score (nSPS) is 30.6. The maximum atomic E-state index is 12.5. The molecule has 106 valence electrons. The number of amides is 4. The van der Waals surface area contributed by atoms with Gasteiger partial charge >= 0.3 is 6.03 Å². The fourth-order valence-electron chi connectivity index (χ4n) is 3.02. The van der Waals surface area contributed by atoms with Crippen molar-refractivity contribution in [1.82, 2.24) is 15.5 Å². The molecule has 0 radical (unpaired) electrons. The molecule has 1 saturated carbocycles. The van der Waals surface area contributed by atoms with Crippen LogP contribution in [0.1, 0.15) is 25.7 Å². The van der Waals surface area contributed by atoms with Crippen LogP contribution < -0.4 is 16.4 Å². The SMILES string of the molecule is CNC(=O)CN1C(=O)NC2(CCCCC2CN)C1=O. The average molecular weight is 268 g/mol. The quantitative estimate of drug-likeness (QED) is 0.581. The Balaban J connectivity index is 2.22. The van der Waals surface area contributed by atoms with Crippen molar-refractivity contribution in [2.45, 2.75) is 31.2 Å². The summed E-state index contributed by atoms with van der Waals surface area (Å²) in [5.74, 6) is -0.718. The van der Waals surface area contributed by atoms with Gasteiger partial charge < -0.3 is 16.4 Å². The summed E-state index contributed by atoms with van der Waals surface area (Å²) in [6.07, 6.45) is 3.33. The molecule has 2 fully saturated rings. The summed E-state index contributed by atoms with van der Waals surface area (Å²) in [6, 6.07) is -0.492. The molecule has 2 rings (SSSR count). The topological polar surface area (TPSA) is 105 Å². The second-order valence-corrected chi connectivity index (χ2v) is 5.14. The number of carbonyl (C=O) groups excluding carboxylic acids is 3. The van der Waals surface area contributed by atoms with Gasteiger partial charge in [-0.2, -0.15) is 0 Å². The molecule has 1 spiro atoms. The highest BCUT2D eigenvalue weighted by Gasteiger charge is 2.56. The largest absolute Gasteiger partial charge is 0.358 e. The number of hydrogen-bond donors (Lipinski definition) is 3. The number of hydrogen-bond acceptors (Lipinski definition) is 4. The van der Waals surface area contributed by atoms with E-state index in [0.29, 0.717) is 13.0 Å². The summed E-state index contributed by atoms with van der Waals surface area (Å²) in [5.41, 5.74) is 4.85. The summed E-state index contributed by atoms with van der Waals surface area (Å²) >= 11 is 0. The van der Waals surface area contributed by atoms with Crippen LogP contribution in [0.5, 0.6) is 0 Å². The first-order chi connectivity index (χ1) is 9.05. The lowest BCUT2D eigenvalue weighted by atomic mass is 9.72. The molecule has 4 N–H and O–H groups in total. The first kappa shape index (κ1) is 13.8. The molecule has 7 heteroatoms. The van der Waals surface area contributed by atoms with E-state index in [2.05, 4.69) is 10.6 Å². The molecule has 0 aromatic carbocycles. The van der Waals surface area contributed by atoms with Crippen LogP contribution in [0.3, 0.4) is 0 Å². The number of rotatable bonds is 3. The molecule has 0 bridgehead atoms. The van der Waals surface area contributed by atoms with Gasteiger partial charge in [0.1, 0.15) is 12.1 Å². The van der Waals surface area contributed by atoms with Crippen LogP contribution in [-0.4, -0.2) is 48.4 Å². The second-order valence-electron chi connectivity index (χ2n) is 5.14. The Kier molecular flexibility index (Phi) is 3.75. The van der Waals surface area contributed by atoms with Crippen LogP contribution in [0.15, 0.2) is 0 Å². The maximum Gasteiger partial charge on any atom is 0.325 e. The lowest BCUT2D eigenvalue weighted by Gasteiger charge is -2.38. The van der Waals surface area contributed by atoms with E-state index in [4.69, 9.17) is 5.73 Å². The Morgan fingerprint density at radius 2 is 2.26 bits per heavy atom. The van der Waals surface area contributed by atoms with E-state index >= 15 is 0 Å². The smallest absolute Gasteiger partial charge is 0.325 e. The number of likely N-dealkylation sites (N-methyl/N-ethyl adjacent to an activating group) is 1. The van der Waals surface area contributed by atoms with Gasteiger partial charge in [-0.05, 0) is 19.4 Å².